The molecule has 1 N–H and O–H groups in total. The standard InChI is InChI=1S/C15H23NO/c1-12(2)16-11-5-6-13(3)14-7-9-15(17-4)10-8-14/h6-10,12,16H,5,11H2,1-4H3. The van der Waals surface area contributed by atoms with Crippen molar-refractivity contribution in [3.63, 3.8) is 0 Å². The average Bonchev–Trinajstić information content (AvgIpc) is 2.34. The number of allylic oxidation sites excluding steroid dienone is 1. The Balaban J connectivity index is 2.50. The number of benzene rings is 1. The van der Waals surface area contributed by atoms with Crippen LogP contribution in [0.1, 0.15) is 32.8 Å². The second-order valence-corrected chi connectivity index (χ2v) is 4.51. The molecule has 0 saturated heterocycles. The SMILES string of the molecule is COc1ccc(C(C)=CCCNC(C)C)cc1. The minimum absolute atomic E-state index is 0.560. The predicted molar refractivity (Wildman–Crippen MR) is 74.4 cm³/mol. The number of nitrogens with one attached hydrogen (secondary N) is 1. The van der Waals surface area contributed by atoms with E-state index in [1.54, 1.807) is 7.11 Å². The highest BCUT2D eigenvalue weighted by molar-refractivity contribution is 5.64. The van der Waals surface area contributed by atoms with Crippen LogP contribution in [0.5, 0.6) is 5.75 Å². The summed E-state index contributed by atoms with van der Waals surface area (Å²) in [6.07, 6.45) is 3.34. The van der Waals surface area contributed by atoms with Crippen LogP contribution in [0.25, 0.3) is 5.57 Å². The van der Waals surface area contributed by atoms with E-state index in [0.29, 0.717) is 6.04 Å². The topological polar surface area (TPSA) is 21.3 Å². The Labute approximate surface area is 105 Å². The normalized spacial score (nSPS) is 11.9. The molecule has 0 aliphatic carbocycles. The largest absolute Gasteiger partial charge is 0.497 e. The van der Waals surface area contributed by atoms with Crippen molar-refractivity contribution < 1.29 is 4.74 Å². The van der Waals surface area contributed by atoms with Crippen molar-refractivity contribution in [2.75, 3.05) is 13.7 Å². The van der Waals surface area contributed by atoms with Crippen molar-refractivity contribution in [2.24, 2.45) is 0 Å². The highest BCUT2D eigenvalue weighted by Crippen LogP contribution is 2.18. The Morgan fingerprint density at radius 3 is 2.47 bits per heavy atom. The summed E-state index contributed by atoms with van der Waals surface area (Å²) in [7, 11) is 1.69. The summed E-state index contributed by atoms with van der Waals surface area (Å²) in [4.78, 5) is 0. The molecule has 2 nitrogen and oxygen atoms in total. The van der Waals surface area contributed by atoms with Gasteiger partial charge >= 0.3 is 0 Å². The molecule has 0 aliphatic heterocycles. The molecule has 0 radical (unpaired) electrons. The molecule has 0 spiro atoms. The van der Waals surface area contributed by atoms with E-state index in [-0.39, 0.29) is 0 Å². The van der Waals surface area contributed by atoms with Crippen LogP contribution < -0.4 is 10.1 Å². The van der Waals surface area contributed by atoms with Gasteiger partial charge in [-0.2, -0.15) is 0 Å². The zero-order valence-electron chi connectivity index (χ0n) is 11.3. The van der Waals surface area contributed by atoms with E-state index in [2.05, 4.69) is 44.3 Å². The monoisotopic (exact) mass is 233 g/mol. The van der Waals surface area contributed by atoms with Gasteiger partial charge in [-0.25, -0.2) is 0 Å². The summed E-state index contributed by atoms with van der Waals surface area (Å²) >= 11 is 0. The Morgan fingerprint density at radius 1 is 1.29 bits per heavy atom. The molecule has 0 aromatic heterocycles. The van der Waals surface area contributed by atoms with Crippen LogP contribution in [0.4, 0.5) is 0 Å². The summed E-state index contributed by atoms with van der Waals surface area (Å²) in [6, 6.07) is 8.75. The van der Waals surface area contributed by atoms with E-state index in [1.807, 2.05) is 12.1 Å². The van der Waals surface area contributed by atoms with Gasteiger partial charge in [0.25, 0.3) is 0 Å². The van der Waals surface area contributed by atoms with Gasteiger partial charge < -0.3 is 10.1 Å². The van der Waals surface area contributed by atoms with Gasteiger partial charge in [-0.15, -0.1) is 0 Å². The minimum atomic E-state index is 0.560. The number of rotatable bonds is 6. The van der Waals surface area contributed by atoms with E-state index in [9.17, 15) is 0 Å². The maximum atomic E-state index is 5.14. The quantitative estimate of drug-likeness (QED) is 0.759. The zero-order chi connectivity index (χ0) is 12.7. The molecule has 0 saturated carbocycles. The van der Waals surface area contributed by atoms with Crippen LogP contribution in [0, 0.1) is 0 Å². The summed E-state index contributed by atoms with van der Waals surface area (Å²) in [5.74, 6) is 0.906. The molecule has 1 aromatic carbocycles. The zero-order valence-corrected chi connectivity index (χ0v) is 11.3. The fourth-order valence-electron chi connectivity index (χ4n) is 1.63. The average molecular weight is 233 g/mol. The van der Waals surface area contributed by atoms with E-state index in [4.69, 9.17) is 4.74 Å². The number of ether oxygens (including phenoxy) is 1. The minimum Gasteiger partial charge on any atom is -0.497 e. The molecule has 1 aromatic rings. The van der Waals surface area contributed by atoms with Crippen LogP contribution in [0.3, 0.4) is 0 Å². The Bertz CT molecular complexity index is 352. The second-order valence-electron chi connectivity index (χ2n) is 4.51. The van der Waals surface area contributed by atoms with E-state index >= 15 is 0 Å². The van der Waals surface area contributed by atoms with Gasteiger partial charge in [-0.3, -0.25) is 0 Å². The van der Waals surface area contributed by atoms with Gasteiger partial charge in [0, 0.05) is 6.04 Å². The first-order valence-corrected chi connectivity index (χ1v) is 6.18. The molecule has 0 aliphatic rings. The van der Waals surface area contributed by atoms with Crippen molar-refractivity contribution in [2.45, 2.75) is 33.2 Å². The van der Waals surface area contributed by atoms with Crippen LogP contribution in [0.2, 0.25) is 0 Å². The van der Waals surface area contributed by atoms with E-state index in [0.717, 1.165) is 18.7 Å². The summed E-state index contributed by atoms with van der Waals surface area (Å²) in [5, 5.41) is 3.41. The molecule has 0 amide bonds. The molecule has 1 rings (SSSR count). The van der Waals surface area contributed by atoms with E-state index < -0.39 is 0 Å². The fourth-order valence-corrected chi connectivity index (χ4v) is 1.63. The Morgan fingerprint density at radius 2 is 1.94 bits per heavy atom. The molecule has 0 atom stereocenters. The van der Waals surface area contributed by atoms with Crippen molar-refractivity contribution in [3.05, 3.63) is 35.9 Å². The van der Waals surface area contributed by atoms with Gasteiger partial charge in [-0.1, -0.05) is 32.1 Å². The lowest BCUT2D eigenvalue weighted by molar-refractivity contribution is 0.415. The first-order chi connectivity index (χ1) is 8.13. The van der Waals surface area contributed by atoms with Crippen molar-refractivity contribution in [1.82, 2.24) is 5.32 Å². The van der Waals surface area contributed by atoms with Gasteiger partial charge in [-0.05, 0) is 43.2 Å². The predicted octanol–water partition coefficient (Wildman–Crippen LogP) is 3.49. The lowest BCUT2D eigenvalue weighted by Crippen LogP contribution is -2.23. The lowest BCUT2D eigenvalue weighted by Gasteiger charge is -2.07. The Kier molecular flexibility index (Phi) is 5.78. The van der Waals surface area contributed by atoms with Gasteiger partial charge in [0.2, 0.25) is 0 Å². The molecule has 17 heavy (non-hydrogen) atoms. The first-order valence-electron chi connectivity index (χ1n) is 6.18. The maximum absolute atomic E-state index is 5.14. The molecule has 2 heteroatoms. The summed E-state index contributed by atoms with van der Waals surface area (Å²) < 4.78 is 5.14. The van der Waals surface area contributed by atoms with Gasteiger partial charge in [0.05, 0.1) is 7.11 Å². The third-order valence-electron chi connectivity index (χ3n) is 2.69. The van der Waals surface area contributed by atoms with Crippen LogP contribution in [-0.2, 0) is 0 Å². The summed E-state index contributed by atoms with van der Waals surface area (Å²) in [6.45, 7) is 7.52. The third-order valence-corrected chi connectivity index (χ3v) is 2.69. The second kappa shape index (κ2) is 7.13. The maximum Gasteiger partial charge on any atom is 0.118 e. The molecular formula is C15H23NO. The highest BCUT2D eigenvalue weighted by atomic mass is 16.5. The highest BCUT2D eigenvalue weighted by Gasteiger charge is 1.96. The molecule has 0 heterocycles. The number of methoxy groups -OCH3 is 1. The first kappa shape index (κ1) is 13.8. The van der Waals surface area contributed by atoms with Crippen molar-refractivity contribution in [3.8, 4) is 5.75 Å². The smallest absolute Gasteiger partial charge is 0.118 e. The van der Waals surface area contributed by atoms with Crippen LogP contribution in [0.15, 0.2) is 30.3 Å². The van der Waals surface area contributed by atoms with Gasteiger partial charge in [0.1, 0.15) is 5.75 Å². The Hall–Kier alpha value is -1.28. The summed E-state index contributed by atoms with van der Waals surface area (Å²) in [5.41, 5.74) is 2.58. The molecular weight excluding hydrogens is 210 g/mol. The molecule has 0 bridgehead atoms. The number of hydrogen-bond acceptors (Lipinski definition) is 2. The fraction of sp³-hybridized carbons (Fsp3) is 0.467. The molecule has 0 fully saturated rings. The number of hydrogen-bond donors (Lipinski definition) is 1. The van der Waals surface area contributed by atoms with Gasteiger partial charge in [0.15, 0.2) is 0 Å². The third kappa shape index (κ3) is 5.05. The van der Waals surface area contributed by atoms with Crippen LogP contribution in [-0.4, -0.2) is 19.7 Å². The molecule has 0 unspecified atom stereocenters. The van der Waals surface area contributed by atoms with Crippen molar-refractivity contribution in [1.29, 1.82) is 0 Å². The molecule has 94 valence electrons. The van der Waals surface area contributed by atoms with E-state index in [1.165, 1.54) is 11.1 Å². The lowest BCUT2D eigenvalue weighted by atomic mass is 10.1. The van der Waals surface area contributed by atoms with Crippen molar-refractivity contribution >= 4 is 5.57 Å². The van der Waals surface area contributed by atoms with Crippen LogP contribution >= 0.6 is 0 Å².